The highest BCUT2D eigenvalue weighted by Crippen LogP contribution is 2.17. The molecule has 1 unspecified atom stereocenters. The Morgan fingerprint density at radius 1 is 1.31 bits per heavy atom. The van der Waals surface area contributed by atoms with Crippen LogP contribution in [0.5, 0.6) is 0 Å². The van der Waals surface area contributed by atoms with Crippen molar-refractivity contribution in [2.75, 3.05) is 7.11 Å². The Hall–Kier alpha value is -1.15. The topological polar surface area (TPSA) is 26.3 Å². The van der Waals surface area contributed by atoms with E-state index in [9.17, 15) is 4.79 Å². The molecule has 0 aliphatic carbocycles. The van der Waals surface area contributed by atoms with Crippen LogP contribution in [0.2, 0.25) is 0 Å². The van der Waals surface area contributed by atoms with Crippen LogP contribution >= 0.6 is 0 Å². The number of benzene rings is 1. The molecule has 0 aliphatic heterocycles. The first kappa shape index (κ1) is 9.93. The van der Waals surface area contributed by atoms with Gasteiger partial charge in [0.25, 0.3) is 0 Å². The lowest BCUT2D eigenvalue weighted by Crippen LogP contribution is -2.02. The Morgan fingerprint density at radius 2 is 2.00 bits per heavy atom. The lowest BCUT2D eigenvalue weighted by atomic mass is 10.0. The molecule has 1 aromatic rings. The van der Waals surface area contributed by atoms with Crippen molar-refractivity contribution < 1.29 is 9.53 Å². The van der Waals surface area contributed by atoms with Gasteiger partial charge in [0.1, 0.15) is 6.10 Å². The van der Waals surface area contributed by atoms with E-state index in [4.69, 9.17) is 4.74 Å². The molecular formula is C11H14O2. The minimum absolute atomic E-state index is 0.431. The van der Waals surface area contributed by atoms with Gasteiger partial charge >= 0.3 is 0 Å². The van der Waals surface area contributed by atoms with E-state index in [1.54, 1.807) is 0 Å². The van der Waals surface area contributed by atoms with Crippen molar-refractivity contribution in [3.8, 4) is 0 Å². The number of carbonyl (C=O) groups is 1. The summed E-state index contributed by atoms with van der Waals surface area (Å²) in [6.45, 7) is 4.07. The Bertz CT molecular complexity index is 305. The molecule has 1 rings (SSSR count). The van der Waals surface area contributed by atoms with Crippen LogP contribution in [0.15, 0.2) is 18.2 Å². The van der Waals surface area contributed by atoms with Gasteiger partial charge in [0.2, 0.25) is 0 Å². The normalized spacial score (nSPS) is 12.5. The predicted molar refractivity (Wildman–Crippen MR) is 51.7 cm³/mol. The fraction of sp³-hybridized carbons (Fsp3) is 0.364. The number of hydrogen-bond acceptors (Lipinski definition) is 2. The molecule has 2 heteroatoms. The third-order valence-electron chi connectivity index (χ3n) is 2.24. The second kappa shape index (κ2) is 4.19. The van der Waals surface area contributed by atoms with Gasteiger partial charge in [-0.25, -0.2) is 0 Å². The maximum absolute atomic E-state index is 10.6. The highest BCUT2D eigenvalue weighted by Gasteiger charge is 2.08. The third kappa shape index (κ3) is 2.16. The van der Waals surface area contributed by atoms with E-state index in [1.165, 1.54) is 18.2 Å². The molecule has 0 N–H and O–H groups in total. The molecule has 0 aliphatic rings. The molecule has 70 valence electrons. The van der Waals surface area contributed by atoms with E-state index in [-0.39, 0.29) is 0 Å². The quantitative estimate of drug-likeness (QED) is 0.663. The summed E-state index contributed by atoms with van der Waals surface area (Å²) in [5, 5.41) is 0. The van der Waals surface area contributed by atoms with Gasteiger partial charge < -0.3 is 9.53 Å². The molecule has 0 radical (unpaired) electrons. The van der Waals surface area contributed by atoms with Gasteiger partial charge in [0.15, 0.2) is 6.29 Å². The van der Waals surface area contributed by atoms with Crippen LogP contribution in [0, 0.1) is 13.8 Å². The average Bonchev–Trinajstić information content (AvgIpc) is 2.13. The fourth-order valence-corrected chi connectivity index (χ4v) is 1.21. The third-order valence-corrected chi connectivity index (χ3v) is 2.24. The largest absolute Gasteiger partial charge is 0.369 e. The molecule has 0 saturated carbocycles. The molecular weight excluding hydrogens is 164 g/mol. The van der Waals surface area contributed by atoms with E-state index in [0.29, 0.717) is 0 Å². The molecule has 0 fully saturated rings. The van der Waals surface area contributed by atoms with Crippen molar-refractivity contribution in [1.29, 1.82) is 0 Å². The van der Waals surface area contributed by atoms with Gasteiger partial charge in [0, 0.05) is 7.11 Å². The van der Waals surface area contributed by atoms with E-state index in [2.05, 4.69) is 0 Å². The second-order valence-corrected chi connectivity index (χ2v) is 3.14. The molecule has 1 aromatic carbocycles. The highest BCUT2D eigenvalue weighted by atomic mass is 16.5. The summed E-state index contributed by atoms with van der Waals surface area (Å²) >= 11 is 0. The first-order valence-corrected chi connectivity index (χ1v) is 4.24. The molecule has 0 saturated heterocycles. The van der Waals surface area contributed by atoms with Gasteiger partial charge in [-0.3, -0.25) is 0 Å². The molecule has 1 atom stereocenters. The molecule has 0 spiro atoms. The van der Waals surface area contributed by atoms with E-state index >= 15 is 0 Å². The summed E-state index contributed by atoms with van der Waals surface area (Å²) < 4.78 is 5.01. The summed E-state index contributed by atoms with van der Waals surface area (Å²) in [7, 11) is 1.54. The molecule has 0 aromatic heterocycles. The molecule has 0 bridgehead atoms. The molecule has 13 heavy (non-hydrogen) atoms. The first-order valence-electron chi connectivity index (χ1n) is 4.24. The molecule has 2 nitrogen and oxygen atoms in total. The van der Waals surface area contributed by atoms with Crippen LogP contribution in [0.25, 0.3) is 0 Å². The van der Waals surface area contributed by atoms with Gasteiger partial charge in [-0.1, -0.05) is 18.2 Å². The Morgan fingerprint density at radius 3 is 2.46 bits per heavy atom. The van der Waals surface area contributed by atoms with Gasteiger partial charge in [-0.15, -0.1) is 0 Å². The van der Waals surface area contributed by atoms with Crippen molar-refractivity contribution in [2.45, 2.75) is 20.0 Å². The standard InChI is InChI=1S/C11H14O2/c1-8-4-5-10(6-9(8)2)11(7-12)13-3/h4-7,11H,1-3H3. The molecule has 0 heterocycles. The molecule has 0 amide bonds. The lowest BCUT2D eigenvalue weighted by molar-refractivity contribution is -0.116. The van der Waals surface area contributed by atoms with E-state index in [0.717, 1.165) is 11.8 Å². The zero-order valence-corrected chi connectivity index (χ0v) is 8.20. The number of methoxy groups -OCH3 is 1. The number of aryl methyl sites for hydroxylation is 2. The predicted octanol–water partition coefficient (Wildman–Crippen LogP) is 2.19. The van der Waals surface area contributed by atoms with Crippen LogP contribution in [0.4, 0.5) is 0 Å². The van der Waals surface area contributed by atoms with Crippen LogP contribution in [0.3, 0.4) is 0 Å². The van der Waals surface area contributed by atoms with Crippen LogP contribution in [-0.2, 0) is 9.53 Å². The summed E-state index contributed by atoms with van der Waals surface area (Å²) in [5.74, 6) is 0. The van der Waals surface area contributed by atoms with Crippen LogP contribution < -0.4 is 0 Å². The summed E-state index contributed by atoms with van der Waals surface area (Å²) in [6.07, 6.45) is 0.378. The summed E-state index contributed by atoms with van der Waals surface area (Å²) in [6, 6.07) is 5.91. The van der Waals surface area contributed by atoms with Crippen molar-refractivity contribution in [3.63, 3.8) is 0 Å². The lowest BCUT2D eigenvalue weighted by Gasteiger charge is -2.10. The van der Waals surface area contributed by atoms with Crippen molar-refractivity contribution in [3.05, 3.63) is 34.9 Å². The van der Waals surface area contributed by atoms with Crippen molar-refractivity contribution in [2.24, 2.45) is 0 Å². The number of ether oxygens (including phenoxy) is 1. The summed E-state index contributed by atoms with van der Waals surface area (Å²) in [4.78, 5) is 10.6. The van der Waals surface area contributed by atoms with Gasteiger partial charge in [-0.05, 0) is 30.5 Å². The zero-order valence-electron chi connectivity index (χ0n) is 8.20. The SMILES string of the molecule is COC(C=O)c1ccc(C)c(C)c1. The Labute approximate surface area is 78.5 Å². The smallest absolute Gasteiger partial charge is 0.153 e. The Balaban J connectivity index is 3.01. The first-order chi connectivity index (χ1) is 6.19. The number of rotatable bonds is 3. The zero-order chi connectivity index (χ0) is 9.84. The van der Waals surface area contributed by atoms with Crippen molar-refractivity contribution in [1.82, 2.24) is 0 Å². The second-order valence-electron chi connectivity index (χ2n) is 3.14. The van der Waals surface area contributed by atoms with E-state index < -0.39 is 6.10 Å². The fourth-order valence-electron chi connectivity index (χ4n) is 1.21. The Kier molecular flexibility index (Phi) is 3.20. The van der Waals surface area contributed by atoms with E-state index in [1.807, 2.05) is 32.0 Å². The van der Waals surface area contributed by atoms with Crippen LogP contribution in [-0.4, -0.2) is 13.4 Å². The van der Waals surface area contributed by atoms with Crippen LogP contribution in [0.1, 0.15) is 22.8 Å². The number of carbonyl (C=O) groups excluding carboxylic acids is 1. The maximum Gasteiger partial charge on any atom is 0.153 e. The van der Waals surface area contributed by atoms with Gasteiger partial charge in [0.05, 0.1) is 0 Å². The number of aldehydes is 1. The van der Waals surface area contributed by atoms with Crippen molar-refractivity contribution >= 4 is 6.29 Å². The number of hydrogen-bond donors (Lipinski definition) is 0. The van der Waals surface area contributed by atoms with Gasteiger partial charge in [-0.2, -0.15) is 0 Å². The monoisotopic (exact) mass is 178 g/mol. The average molecular weight is 178 g/mol. The summed E-state index contributed by atoms with van der Waals surface area (Å²) in [5.41, 5.74) is 3.33. The minimum atomic E-state index is -0.431. The minimum Gasteiger partial charge on any atom is -0.369 e. The maximum atomic E-state index is 10.6. The highest BCUT2D eigenvalue weighted by molar-refractivity contribution is 5.60.